The molecule has 0 saturated heterocycles. The van der Waals surface area contributed by atoms with Crippen LogP contribution in [0.3, 0.4) is 0 Å². The highest BCUT2D eigenvalue weighted by molar-refractivity contribution is 7.92. The van der Waals surface area contributed by atoms with E-state index in [4.69, 9.17) is 5.26 Å². The van der Waals surface area contributed by atoms with Gasteiger partial charge in [-0.05, 0) is 44.2 Å². The predicted octanol–water partition coefficient (Wildman–Crippen LogP) is 2.62. The molecule has 2 heterocycles. The van der Waals surface area contributed by atoms with E-state index < -0.39 is 10.0 Å². The number of nitriles is 1. The monoisotopic (exact) mass is 326 g/mol. The van der Waals surface area contributed by atoms with Gasteiger partial charge in [-0.25, -0.2) is 12.9 Å². The molecule has 1 N–H and O–H groups in total. The number of nitrogens with one attached hydrogen (secondary N) is 1. The van der Waals surface area contributed by atoms with Gasteiger partial charge in [0.1, 0.15) is 11.9 Å². The summed E-state index contributed by atoms with van der Waals surface area (Å²) in [4.78, 5) is 0.171. The molecule has 0 atom stereocenters. The topological polar surface area (TPSA) is 87.3 Å². The Kier molecular flexibility index (Phi) is 3.54. The van der Waals surface area contributed by atoms with Gasteiger partial charge < -0.3 is 0 Å². The standard InChI is InChI=1S/C16H14N4O2S/c1-11-3-6-14(7-4-11)23(21,22)19-16-8-5-13(10-17)15-9-12(2)18-20(15)16/h3-9,19H,1-2H3. The van der Waals surface area contributed by atoms with Gasteiger partial charge in [-0.15, -0.1) is 0 Å². The van der Waals surface area contributed by atoms with Crippen LogP contribution < -0.4 is 4.72 Å². The summed E-state index contributed by atoms with van der Waals surface area (Å²) in [5.74, 6) is 0.285. The van der Waals surface area contributed by atoms with Crippen molar-refractivity contribution in [3.05, 3.63) is 59.3 Å². The molecule has 6 nitrogen and oxygen atoms in total. The summed E-state index contributed by atoms with van der Waals surface area (Å²) in [7, 11) is -3.73. The van der Waals surface area contributed by atoms with Gasteiger partial charge >= 0.3 is 0 Å². The first kappa shape index (κ1) is 15.1. The van der Waals surface area contributed by atoms with Crippen molar-refractivity contribution in [3.63, 3.8) is 0 Å². The van der Waals surface area contributed by atoms with Crippen molar-refractivity contribution in [2.45, 2.75) is 18.7 Å². The molecule has 116 valence electrons. The van der Waals surface area contributed by atoms with Crippen LogP contribution in [-0.2, 0) is 10.0 Å². The zero-order valence-electron chi connectivity index (χ0n) is 12.6. The lowest BCUT2D eigenvalue weighted by atomic mass is 10.2. The van der Waals surface area contributed by atoms with Gasteiger partial charge in [0.05, 0.1) is 21.7 Å². The van der Waals surface area contributed by atoms with Crippen molar-refractivity contribution in [1.82, 2.24) is 9.61 Å². The number of pyridine rings is 1. The van der Waals surface area contributed by atoms with E-state index in [1.165, 1.54) is 10.6 Å². The average molecular weight is 326 g/mol. The summed E-state index contributed by atoms with van der Waals surface area (Å²) >= 11 is 0. The highest BCUT2D eigenvalue weighted by atomic mass is 32.2. The van der Waals surface area contributed by atoms with Crippen LogP contribution in [0.15, 0.2) is 47.4 Å². The molecule has 3 aromatic rings. The predicted molar refractivity (Wildman–Crippen MR) is 86.6 cm³/mol. The fourth-order valence-electron chi connectivity index (χ4n) is 2.28. The lowest BCUT2D eigenvalue weighted by Crippen LogP contribution is -2.15. The van der Waals surface area contributed by atoms with Crippen LogP contribution in [0.5, 0.6) is 0 Å². The third kappa shape index (κ3) is 2.76. The first-order chi connectivity index (χ1) is 10.9. The molecule has 2 aromatic heterocycles. The number of aryl methyl sites for hydroxylation is 2. The minimum absolute atomic E-state index is 0.171. The van der Waals surface area contributed by atoms with Gasteiger partial charge in [0.15, 0.2) is 0 Å². The number of sulfonamides is 1. The van der Waals surface area contributed by atoms with Crippen LogP contribution in [0.25, 0.3) is 5.52 Å². The molecule has 3 rings (SSSR count). The Morgan fingerprint density at radius 2 is 1.83 bits per heavy atom. The van der Waals surface area contributed by atoms with E-state index in [1.54, 1.807) is 43.3 Å². The first-order valence-corrected chi connectivity index (χ1v) is 8.38. The van der Waals surface area contributed by atoms with Gasteiger partial charge in [0.25, 0.3) is 10.0 Å². The molecule has 7 heteroatoms. The maximum atomic E-state index is 12.5. The van der Waals surface area contributed by atoms with E-state index in [0.29, 0.717) is 16.8 Å². The quantitative estimate of drug-likeness (QED) is 0.801. The maximum absolute atomic E-state index is 12.5. The minimum Gasteiger partial charge on any atom is -0.263 e. The van der Waals surface area contributed by atoms with Gasteiger partial charge in [0, 0.05) is 0 Å². The van der Waals surface area contributed by atoms with E-state index in [-0.39, 0.29) is 10.7 Å². The highest BCUT2D eigenvalue weighted by Crippen LogP contribution is 2.21. The second-order valence-corrected chi connectivity index (χ2v) is 6.93. The number of rotatable bonds is 3. The van der Waals surface area contributed by atoms with Gasteiger partial charge in [0.2, 0.25) is 0 Å². The summed E-state index contributed by atoms with van der Waals surface area (Å²) in [6, 6.07) is 13.5. The molecule has 0 bridgehead atoms. The second kappa shape index (κ2) is 5.41. The Balaban J connectivity index is 2.08. The number of benzene rings is 1. The number of aromatic nitrogens is 2. The Labute approximate surface area is 134 Å². The fourth-order valence-corrected chi connectivity index (χ4v) is 3.32. The first-order valence-electron chi connectivity index (χ1n) is 6.90. The number of hydrogen-bond donors (Lipinski definition) is 1. The average Bonchev–Trinajstić information content (AvgIpc) is 2.90. The molecule has 0 aliphatic rings. The van der Waals surface area contributed by atoms with Gasteiger partial charge in [-0.1, -0.05) is 17.7 Å². The SMILES string of the molecule is Cc1ccc(S(=O)(=O)Nc2ccc(C#N)c3cc(C)nn23)cc1. The van der Waals surface area contributed by atoms with Crippen LogP contribution in [0.4, 0.5) is 5.82 Å². The van der Waals surface area contributed by atoms with Crippen LogP contribution >= 0.6 is 0 Å². The van der Waals surface area contributed by atoms with Crippen molar-refractivity contribution in [3.8, 4) is 6.07 Å². The molecule has 0 aliphatic heterocycles. The molecule has 0 radical (unpaired) electrons. The van der Waals surface area contributed by atoms with E-state index >= 15 is 0 Å². The van der Waals surface area contributed by atoms with Crippen molar-refractivity contribution >= 4 is 21.4 Å². The number of hydrogen-bond acceptors (Lipinski definition) is 4. The molecular weight excluding hydrogens is 312 g/mol. The molecule has 0 unspecified atom stereocenters. The summed E-state index contributed by atoms with van der Waals surface area (Å²) in [5, 5.41) is 13.4. The molecule has 0 fully saturated rings. The van der Waals surface area contributed by atoms with Crippen LogP contribution in [0.1, 0.15) is 16.8 Å². The molecule has 0 spiro atoms. The summed E-state index contributed by atoms with van der Waals surface area (Å²) in [6.45, 7) is 3.67. The smallest absolute Gasteiger partial charge is 0.263 e. The molecule has 1 aromatic carbocycles. The largest absolute Gasteiger partial charge is 0.263 e. The summed E-state index contributed by atoms with van der Waals surface area (Å²) in [6.07, 6.45) is 0. The lowest BCUT2D eigenvalue weighted by Gasteiger charge is -2.10. The van der Waals surface area contributed by atoms with Crippen molar-refractivity contribution < 1.29 is 8.42 Å². The van der Waals surface area contributed by atoms with Crippen molar-refractivity contribution in [2.75, 3.05) is 4.72 Å². The number of fused-ring (bicyclic) bond motifs is 1. The molecule has 0 saturated carbocycles. The normalized spacial score (nSPS) is 11.3. The zero-order valence-corrected chi connectivity index (χ0v) is 13.4. The Hall–Kier alpha value is -2.85. The van der Waals surface area contributed by atoms with E-state index in [2.05, 4.69) is 15.9 Å². The molecular formula is C16H14N4O2S. The molecule has 23 heavy (non-hydrogen) atoms. The lowest BCUT2D eigenvalue weighted by molar-refractivity contribution is 0.600. The zero-order chi connectivity index (χ0) is 16.6. The maximum Gasteiger partial charge on any atom is 0.263 e. The summed E-state index contributed by atoms with van der Waals surface area (Å²) in [5.41, 5.74) is 2.67. The van der Waals surface area contributed by atoms with Crippen molar-refractivity contribution in [2.24, 2.45) is 0 Å². The van der Waals surface area contributed by atoms with Crippen LogP contribution in [-0.4, -0.2) is 18.0 Å². The Morgan fingerprint density at radius 3 is 2.48 bits per heavy atom. The number of anilines is 1. The van der Waals surface area contributed by atoms with Crippen LogP contribution in [0.2, 0.25) is 0 Å². The fraction of sp³-hybridized carbons (Fsp3) is 0.125. The van der Waals surface area contributed by atoms with E-state index in [1.807, 2.05) is 6.92 Å². The summed E-state index contributed by atoms with van der Waals surface area (Å²) < 4.78 is 29.0. The van der Waals surface area contributed by atoms with Gasteiger partial charge in [-0.3, -0.25) is 4.72 Å². The second-order valence-electron chi connectivity index (χ2n) is 5.25. The highest BCUT2D eigenvalue weighted by Gasteiger charge is 2.17. The van der Waals surface area contributed by atoms with Crippen molar-refractivity contribution in [1.29, 1.82) is 5.26 Å². The van der Waals surface area contributed by atoms with Crippen LogP contribution in [0, 0.1) is 25.2 Å². The van der Waals surface area contributed by atoms with E-state index in [9.17, 15) is 8.42 Å². The Bertz CT molecular complexity index is 1030. The molecule has 0 amide bonds. The van der Waals surface area contributed by atoms with E-state index in [0.717, 1.165) is 5.56 Å². The third-order valence-electron chi connectivity index (χ3n) is 3.43. The minimum atomic E-state index is -3.73. The Morgan fingerprint density at radius 1 is 1.13 bits per heavy atom. The third-order valence-corrected chi connectivity index (χ3v) is 4.80. The molecule has 0 aliphatic carbocycles. The van der Waals surface area contributed by atoms with Gasteiger partial charge in [-0.2, -0.15) is 10.4 Å². The number of nitrogens with zero attached hydrogens (tertiary/aromatic N) is 3.